The van der Waals surface area contributed by atoms with Crippen LogP contribution in [0, 0.1) is 0 Å². The topological polar surface area (TPSA) is 67.3 Å². The summed E-state index contributed by atoms with van der Waals surface area (Å²) in [5.41, 5.74) is 0.913. The van der Waals surface area contributed by atoms with Gasteiger partial charge in [0.15, 0.2) is 9.84 Å². The summed E-state index contributed by atoms with van der Waals surface area (Å²) >= 11 is 1.31. The van der Waals surface area contributed by atoms with Crippen LogP contribution in [0.3, 0.4) is 0 Å². The zero-order valence-corrected chi connectivity index (χ0v) is 19.5. The molecule has 13 heteroatoms. The monoisotopic (exact) mass is 516 g/mol. The second-order valence-corrected chi connectivity index (χ2v) is 13.1. The van der Waals surface area contributed by atoms with E-state index in [4.69, 9.17) is 0 Å². The van der Waals surface area contributed by atoms with Gasteiger partial charge in [-0.3, -0.25) is 4.79 Å². The SMILES string of the molecule is CC(C)c1csc(CN(C(=O)Cc2ccc(S(F)(F)(F)(F)F)cc2)C2C=CS(=O)(=O)C2)n1. The molecule has 1 aromatic carbocycles. The predicted octanol–water partition coefficient (Wildman–Crippen LogP) is 5.81. The normalized spacial score (nSPS) is 20.2. The molecule has 0 radical (unpaired) electrons. The van der Waals surface area contributed by atoms with Crippen molar-refractivity contribution in [2.75, 3.05) is 5.75 Å². The standard InChI is InChI=1S/C19H21F5N2O3S3/c1-13(2)17-11-30-18(25-17)10-26(15-7-8-31(28,29)12-15)19(27)9-14-3-5-16(6-4-14)32(20,21,22,23)24/h3-8,11,13,15H,9-10,12H2,1-2H3. The van der Waals surface area contributed by atoms with Crippen LogP contribution in [-0.4, -0.2) is 36.0 Å². The molecule has 3 rings (SSSR count). The average molecular weight is 517 g/mol. The third kappa shape index (κ3) is 6.07. The lowest BCUT2D eigenvalue weighted by Gasteiger charge is -2.40. The van der Waals surface area contributed by atoms with Crippen LogP contribution in [-0.2, 0) is 27.6 Å². The fourth-order valence-electron chi connectivity index (χ4n) is 3.09. The lowest BCUT2D eigenvalue weighted by Crippen LogP contribution is -2.41. The molecule has 0 N–H and O–H groups in total. The molecule has 1 aliphatic rings. The highest BCUT2D eigenvalue weighted by molar-refractivity contribution is 8.45. The zero-order chi connectivity index (χ0) is 24.0. The second-order valence-electron chi connectivity index (χ2n) is 7.86. The number of aromatic nitrogens is 1. The van der Waals surface area contributed by atoms with E-state index in [0.29, 0.717) is 5.01 Å². The fourth-order valence-corrected chi connectivity index (χ4v) is 6.00. The van der Waals surface area contributed by atoms with Gasteiger partial charge in [0.25, 0.3) is 0 Å². The quantitative estimate of drug-likeness (QED) is 0.436. The van der Waals surface area contributed by atoms with Crippen molar-refractivity contribution in [1.29, 1.82) is 0 Å². The Labute approximate surface area is 186 Å². The van der Waals surface area contributed by atoms with Crippen LogP contribution < -0.4 is 0 Å². The molecule has 0 saturated heterocycles. The van der Waals surface area contributed by atoms with E-state index in [-0.39, 0.29) is 42.3 Å². The molecule has 1 amide bonds. The molecule has 1 unspecified atom stereocenters. The van der Waals surface area contributed by atoms with E-state index in [1.807, 2.05) is 19.2 Å². The number of halogens is 5. The molecule has 0 spiro atoms. The molecule has 178 valence electrons. The molecular formula is C19H21F5N2O3S3. The van der Waals surface area contributed by atoms with Crippen LogP contribution in [0.2, 0.25) is 0 Å². The van der Waals surface area contributed by atoms with Crippen molar-refractivity contribution < 1.29 is 32.6 Å². The zero-order valence-electron chi connectivity index (χ0n) is 17.1. The first-order valence-corrected chi connectivity index (χ1v) is 14.0. The number of hydrogen-bond acceptors (Lipinski definition) is 5. The second kappa shape index (κ2) is 7.52. The fraction of sp³-hybridized carbons (Fsp3) is 0.368. The minimum absolute atomic E-state index is 0.0181. The number of benzene rings is 1. The minimum Gasteiger partial charge on any atom is -0.328 e. The summed E-state index contributed by atoms with van der Waals surface area (Å²) in [5.74, 6) is -0.716. The highest BCUT2D eigenvalue weighted by atomic mass is 32.5. The Morgan fingerprint density at radius 2 is 1.81 bits per heavy atom. The summed E-state index contributed by atoms with van der Waals surface area (Å²) in [5, 5.41) is 3.43. The maximum absolute atomic E-state index is 13.0. The first kappa shape index (κ1) is 24.6. The van der Waals surface area contributed by atoms with Crippen molar-refractivity contribution in [2.45, 2.75) is 43.7 Å². The van der Waals surface area contributed by atoms with E-state index in [0.717, 1.165) is 23.2 Å². The lowest BCUT2D eigenvalue weighted by atomic mass is 10.1. The summed E-state index contributed by atoms with van der Waals surface area (Å²) in [6.45, 7) is 3.92. The third-order valence-electron chi connectivity index (χ3n) is 4.82. The highest BCUT2D eigenvalue weighted by Gasteiger charge is 2.65. The Morgan fingerprint density at radius 1 is 1.19 bits per heavy atom. The Balaban J connectivity index is 1.83. The summed E-state index contributed by atoms with van der Waals surface area (Å²) in [7, 11) is -13.3. The number of sulfone groups is 1. The van der Waals surface area contributed by atoms with Crippen molar-refractivity contribution in [3.63, 3.8) is 0 Å². The Bertz CT molecular complexity index is 1160. The van der Waals surface area contributed by atoms with E-state index in [1.54, 1.807) is 0 Å². The molecular weight excluding hydrogens is 495 g/mol. The van der Waals surface area contributed by atoms with Gasteiger partial charge in [-0.15, -0.1) is 11.3 Å². The first-order chi connectivity index (χ1) is 14.4. The van der Waals surface area contributed by atoms with E-state index >= 15 is 0 Å². The van der Waals surface area contributed by atoms with Gasteiger partial charge in [0.2, 0.25) is 5.91 Å². The van der Waals surface area contributed by atoms with Crippen molar-refractivity contribution in [3.8, 4) is 0 Å². The largest absolute Gasteiger partial charge is 0.328 e. The summed E-state index contributed by atoms with van der Waals surface area (Å²) in [6.07, 6.45) is 0.995. The average Bonchev–Trinajstić information content (AvgIpc) is 3.24. The van der Waals surface area contributed by atoms with Gasteiger partial charge in [-0.2, -0.15) is 0 Å². The van der Waals surface area contributed by atoms with Gasteiger partial charge < -0.3 is 4.90 Å². The van der Waals surface area contributed by atoms with Crippen molar-refractivity contribution in [2.24, 2.45) is 0 Å². The number of carbonyl (C=O) groups excluding carboxylic acids is 1. The lowest BCUT2D eigenvalue weighted by molar-refractivity contribution is -0.132. The minimum atomic E-state index is -9.80. The van der Waals surface area contributed by atoms with Crippen LogP contribution in [0.1, 0.15) is 36.0 Å². The van der Waals surface area contributed by atoms with Gasteiger partial charge in [-0.25, -0.2) is 13.4 Å². The van der Waals surface area contributed by atoms with Gasteiger partial charge in [0, 0.05) is 10.8 Å². The van der Waals surface area contributed by atoms with Gasteiger partial charge in [0.05, 0.1) is 30.5 Å². The van der Waals surface area contributed by atoms with E-state index < -0.39 is 36.9 Å². The van der Waals surface area contributed by atoms with Gasteiger partial charge in [0.1, 0.15) is 9.90 Å². The Kier molecular flexibility index (Phi) is 5.79. The molecule has 1 aromatic heterocycles. The summed E-state index contributed by atoms with van der Waals surface area (Å²) < 4.78 is 88.2. The molecule has 2 aromatic rings. The maximum Gasteiger partial charge on any atom is 0.310 e. The number of rotatable bonds is 7. The van der Waals surface area contributed by atoms with Crippen molar-refractivity contribution in [3.05, 3.63) is 57.4 Å². The Morgan fingerprint density at radius 3 is 2.28 bits per heavy atom. The molecule has 0 saturated carbocycles. The summed E-state index contributed by atoms with van der Waals surface area (Å²) in [4.78, 5) is 16.7. The van der Waals surface area contributed by atoms with Crippen LogP contribution in [0.4, 0.5) is 19.4 Å². The van der Waals surface area contributed by atoms with Crippen LogP contribution >= 0.6 is 21.6 Å². The number of nitrogens with zero attached hydrogens (tertiary/aromatic N) is 2. The smallest absolute Gasteiger partial charge is 0.310 e. The van der Waals surface area contributed by atoms with Crippen LogP contribution in [0.25, 0.3) is 0 Å². The molecule has 5 nitrogen and oxygen atoms in total. The van der Waals surface area contributed by atoms with Gasteiger partial charge in [-0.1, -0.05) is 45.4 Å². The highest BCUT2D eigenvalue weighted by Crippen LogP contribution is 3.02. The Hall–Kier alpha value is -1.99. The van der Waals surface area contributed by atoms with Gasteiger partial charge in [-0.05, 0) is 29.7 Å². The predicted molar refractivity (Wildman–Crippen MR) is 115 cm³/mol. The van der Waals surface area contributed by atoms with Crippen molar-refractivity contribution in [1.82, 2.24) is 9.88 Å². The van der Waals surface area contributed by atoms with Gasteiger partial charge >= 0.3 is 10.2 Å². The van der Waals surface area contributed by atoms with E-state index in [1.165, 1.54) is 22.3 Å². The number of carbonyl (C=O) groups is 1. The van der Waals surface area contributed by atoms with E-state index in [2.05, 4.69) is 4.98 Å². The molecule has 0 fully saturated rings. The first-order valence-electron chi connectivity index (χ1n) is 9.41. The van der Waals surface area contributed by atoms with Crippen LogP contribution in [0.5, 0.6) is 0 Å². The number of amides is 1. The molecule has 0 aliphatic carbocycles. The summed E-state index contributed by atoms with van der Waals surface area (Å²) in [6, 6.07) is 1.40. The van der Waals surface area contributed by atoms with Crippen molar-refractivity contribution >= 4 is 37.3 Å². The third-order valence-corrected chi connectivity index (χ3v) is 8.22. The molecule has 1 atom stereocenters. The molecule has 32 heavy (non-hydrogen) atoms. The van der Waals surface area contributed by atoms with Crippen LogP contribution in [0.15, 0.2) is 46.0 Å². The molecule has 0 bridgehead atoms. The molecule has 1 aliphatic heterocycles. The number of thiazole rings is 1. The molecule has 2 heterocycles. The maximum atomic E-state index is 13.0. The number of hydrogen-bond donors (Lipinski definition) is 0. The van der Waals surface area contributed by atoms with E-state index in [9.17, 15) is 32.6 Å².